The highest BCUT2D eigenvalue weighted by atomic mass is 19.4. The van der Waals surface area contributed by atoms with Crippen molar-refractivity contribution in [1.82, 2.24) is 9.78 Å². The maximum atomic E-state index is 14.9. The van der Waals surface area contributed by atoms with Crippen LogP contribution in [0.1, 0.15) is 80.5 Å². The number of cyclic esters (lactones) is 1. The van der Waals surface area contributed by atoms with Gasteiger partial charge in [-0.15, -0.1) is 0 Å². The van der Waals surface area contributed by atoms with Crippen molar-refractivity contribution in [3.05, 3.63) is 63.4 Å². The predicted octanol–water partition coefficient (Wildman–Crippen LogP) is 6.55. The fourth-order valence-electron chi connectivity index (χ4n) is 5.89. The van der Waals surface area contributed by atoms with Gasteiger partial charge in [0.05, 0.1) is 17.1 Å². The summed E-state index contributed by atoms with van der Waals surface area (Å²) in [7, 11) is 1.39. The monoisotopic (exact) mass is 547 g/mol. The van der Waals surface area contributed by atoms with Crippen molar-refractivity contribution in [3.63, 3.8) is 0 Å². The summed E-state index contributed by atoms with van der Waals surface area (Å²) >= 11 is 0. The molecule has 1 N–H and O–H groups in total. The molecule has 2 aromatic rings. The molecule has 2 heterocycles. The van der Waals surface area contributed by atoms with Crippen LogP contribution in [0.4, 0.5) is 17.6 Å². The quantitative estimate of drug-likeness (QED) is 0.314. The molecule has 0 radical (unpaired) electrons. The molecule has 1 aliphatic heterocycles. The zero-order valence-corrected chi connectivity index (χ0v) is 22.6. The maximum absolute atomic E-state index is 14.9. The van der Waals surface area contributed by atoms with E-state index in [1.165, 1.54) is 20.0 Å². The molecule has 10 heteroatoms. The zero-order chi connectivity index (χ0) is 28.8. The first-order chi connectivity index (χ1) is 18.2. The van der Waals surface area contributed by atoms with Crippen molar-refractivity contribution in [2.45, 2.75) is 89.3 Å². The van der Waals surface area contributed by atoms with Crippen LogP contribution in [0.3, 0.4) is 0 Å². The molecule has 0 spiro atoms. The summed E-state index contributed by atoms with van der Waals surface area (Å²) in [5.41, 5.74) is -2.29. The highest BCUT2D eigenvalue weighted by Crippen LogP contribution is 2.46. The molecule has 210 valence electrons. The fourth-order valence-corrected chi connectivity index (χ4v) is 5.89. The highest BCUT2D eigenvalue weighted by Gasteiger charge is 2.48. The summed E-state index contributed by atoms with van der Waals surface area (Å²) in [5.74, 6) is -1.63. The molecule has 39 heavy (non-hydrogen) atoms. The van der Waals surface area contributed by atoms with Crippen molar-refractivity contribution < 1.29 is 32.2 Å². The number of benzene rings is 1. The van der Waals surface area contributed by atoms with Gasteiger partial charge in [-0.2, -0.15) is 23.5 Å². The topological polar surface area (TPSA) is 88.1 Å². The first-order valence-electron chi connectivity index (χ1n) is 13.1. The van der Waals surface area contributed by atoms with E-state index < -0.39 is 41.1 Å². The van der Waals surface area contributed by atoms with Crippen molar-refractivity contribution in [2.24, 2.45) is 13.0 Å². The molecule has 1 atom stereocenters. The second kappa shape index (κ2) is 10.3. The number of aromatic nitrogens is 2. The first kappa shape index (κ1) is 28.7. The Morgan fingerprint density at radius 3 is 2.49 bits per heavy atom. The molecule has 0 saturated heterocycles. The molecule has 0 bridgehead atoms. The van der Waals surface area contributed by atoms with Crippen molar-refractivity contribution in [3.8, 4) is 6.07 Å². The van der Waals surface area contributed by atoms with E-state index in [9.17, 15) is 32.7 Å². The SMILES string of the molecule is Cc1c(CC2=C(O)CC(CCc3ccc(C(C)(C)C#N)c(F)c3)(C3CCCC3)OC2=O)c(C(F)(F)F)nn1C. The number of hydrogen-bond acceptors (Lipinski definition) is 5. The van der Waals surface area contributed by atoms with E-state index in [4.69, 9.17) is 4.74 Å². The van der Waals surface area contributed by atoms with E-state index in [0.717, 1.165) is 30.4 Å². The number of nitrogens with zero attached hydrogens (tertiary/aromatic N) is 3. The Labute approximate surface area is 225 Å². The number of esters is 1. The Morgan fingerprint density at radius 2 is 1.92 bits per heavy atom. The number of halogens is 4. The van der Waals surface area contributed by atoms with Crippen LogP contribution in [0, 0.1) is 30.0 Å². The molecule has 1 aromatic heterocycles. The average Bonchev–Trinajstić information content (AvgIpc) is 3.49. The lowest BCUT2D eigenvalue weighted by molar-refractivity contribution is -0.167. The summed E-state index contributed by atoms with van der Waals surface area (Å²) in [6, 6.07) is 6.81. The van der Waals surface area contributed by atoms with Gasteiger partial charge in [-0.3, -0.25) is 4.68 Å². The van der Waals surface area contributed by atoms with E-state index in [0.29, 0.717) is 18.4 Å². The van der Waals surface area contributed by atoms with Crippen molar-refractivity contribution >= 4 is 5.97 Å². The van der Waals surface area contributed by atoms with Gasteiger partial charge in [0.2, 0.25) is 0 Å². The zero-order valence-electron chi connectivity index (χ0n) is 22.6. The number of ether oxygens (including phenoxy) is 1. The van der Waals surface area contributed by atoms with Crippen LogP contribution < -0.4 is 0 Å². The Balaban J connectivity index is 1.62. The number of aliphatic hydroxyl groups excluding tert-OH is 1. The molecule has 2 aliphatic rings. The van der Waals surface area contributed by atoms with Crippen LogP contribution in [0.5, 0.6) is 0 Å². The van der Waals surface area contributed by atoms with Gasteiger partial charge in [-0.25, -0.2) is 9.18 Å². The number of rotatable bonds is 7. The fraction of sp³-hybridized carbons (Fsp3) is 0.552. The van der Waals surface area contributed by atoms with E-state index in [1.807, 2.05) is 0 Å². The summed E-state index contributed by atoms with van der Waals surface area (Å²) in [6.07, 6.45) is -1.02. The third-order valence-corrected chi connectivity index (χ3v) is 8.36. The standard InChI is InChI=1S/C29H33F4N3O3/c1-17-20(25(29(31,32)33)35-36(17)4)14-21-24(37)15-28(39-26(21)38,19-7-5-6-8-19)12-11-18-9-10-22(23(30)13-18)27(2,3)16-34/h9-10,13,19,37H,5-8,11-12,14-15H2,1-4H3. The Bertz CT molecular complexity index is 1350. The largest absolute Gasteiger partial charge is 0.512 e. The summed E-state index contributed by atoms with van der Waals surface area (Å²) < 4.78 is 62.8. The van der Waals surface area contributed by atoms with Crippen LogP contribution in [0.2, 0.25) is 0 Å². The van der Waals surface area contributed by atoms with Crippen LogP contribution in [-0.4, -0.2) is 26.5 Å². The Hall–Kier alpha value is -3.35. The number of carbonyl (C=O) groups is 1. The van der Waals surface area contributed by atoms with Crippen LogP contribution in [0.15, 0.2) is 29.5 Å². The minimum atomic E-state index is -4.71. The van der Waals surface area contributed by atoms with Crippen LogP contribution >= 0.6 is 0 Å². The number of carbonyl (C=O) groups excluding carboxylic acids is 1. The summed E-state index contributed by atoms with van der Waals surface area (Å²) in [4.78, 5) is 13.3. The molecule has 1 unspecified atom stereocenters. The number of aliphatic hydroxyl groups is 1. The molecule has 1 fully saturated rings. The molecule has 1 aliphatic carbocycles. The second-order valence-corrected chi connectivity index (χ2v) is 11.3. The van der Waals surface area contributed by atoms with Gasteiger partial charge in [-0.1, -0.05) is 25.0 Å². The molecule has 1 saturated carbocycles. The van der Waals surface area contributed by atoms with E-state index >= 15 is 0 Å². The second-order valence-electron chi connectivity index (χ2n) is 11.3. The maximum Gasteiger partial charge on any atom is 0.435 e. The molecule has 1 aromatic carbocycles. The van der Waals surface area contributed by atoms with Crippen molar-refractivity contribution in [2.75, 3.05) is 0 Å². The normalized spacial score (nSPS) is 20.8. The van der Waals surface area contributed by atoms with Gasteiger partial charge < -0.3 is 9.84 Å². The van der Waals surface area contributed by atoms with E-state index in [1.54, 1.807) is 26.0 Å². The lowest BCUT2D eigenvalue weighted by Crippen LogP contribution is -2.46. The number of hydrogen-bond donors (Lipinski definition) is 1. The Kier molecular flexibility index (Phi) is 7.58. The van der Waals surface area contributed by atoms with Crippen LogP contribution in [-0.2, 0) is 41.0 Å². The molecule has 6 nitrogen and oxygen atoms in total. The van der Waals surface area contributed by atoms with Crippen molar-refractivity contribution in [1.29, 1.82) is 5.26 Å². The van der Waals surface area contributed by atoms with Gasteiger partial charge in [0, 0.05) is 36.7 Å². The number of nitriles is 1. The third kappa shape index (κ3) is 5.54. The molecular weight excluding hydrogens is 514 g/mol. The van der Waals surface area contributed by atoms with Gasteiger partial charge in [0.15, 0.2) is 5.69 Å². The van der Waals surface area contributed by atoms with Crippen LogP contribution in [0.25, 0.3) is 0 Å². The molecular formula is C29H33F4N3O3. The minimum Gasteiger partial charge on any atom is -0.512 e. The van der Waals surface area contributed by atoms with Gasteiger partial charge >= 0.3 is 12.1 Å². The summed E-state index contributed by atoms with van der Waals surface area (Å²) in [5, 5.41) is 24.0. The lowest BCUT2D eigenvalue weighted by Gasteiger charge is -2.42. The number of alkyl halides is 3. The van der Waals surface area contributed by atoms with Gasteiger partial charge in [-0.05, 0) is 64.0 Å². The average molecular weight is 548 g/mol. The van der Waals surface area contributed by atoms with Gasteiger partial charge in [0.1, 0.15) is 17.2 Å². The highest BCUT2D eigenvalue weighted by molar-refractivity contribution is 5.91. The third-order valence-electron chi connectivity index (χ3n) is 8.36. The number of aryl methyl sites for hydroxylation is 2. The molecule has 4 rings (SSSR count). The van der Waals surface area contributed by atoms with E-state index in [-0.39, 0.29) is 40.5 Å². The predicted molar refractivity (Wildman–Crippen MR) is 135 cm³/mol. The Morgan fingerprint density at radius 1 is 1.26 bits per heavy atom. The van der Waals surface area contributed by atoms with E-state index in [2.05, 4.69) is 11.2 Å². The van der Waals surface area contributed by atoms with Gasteiger partial charge in [0.25, 0.3) is 0 Å². The first-order valence-corrected chi connectivity index (χ1v) is 13.1. The smallest absolute Gasteiger partial charge is 0.435 e. The lowest BCUT2D eigenvalue weighted by atomic mass is 9.76. The molecule has 0 amide bonds. The minimum absolute atomic E-state index is 0.0125. The summed E-state index contributed by atoms with van der Waals surface area (Å²) in [6.45, 7) is 4.76.